The molecule has 0 amide bonds. The van der Waals surface area contributed by atoms with Gasteiger partial charge in [0.2, 0.25) is 0 Å². The van der Waals surface area contributed by atoms with E-state index in [1.807, 2.05) is 16.9 Å². The summed E-state index contributed by atoms with van der Waals surface area (Å²) in [6.07, 6.45) is 1.94. The Hall–Kier alpha value is -2.50. The van der Waals surface area contributed by atoms with Gasteiger partial charge in [-0.25, -0.2) is 9.38 Å². The van der Waals surface area contributed by atoms with Crippen LogP contribution in [-0.2, 0) is 0 Å². The SMILES string of the molecule is CC(C)(C)N1CN=C(N)c2c(-c3ccc(N)c(F)c3)ccn21. The van der Waals surface area contributed by atoms with Gasteiger partial charge >= 0.3 is 0 Å². The van der Waals surface area contributed by atoms with Crippen molar-refractivity contribution in [1.82, 2.24) is 4.68 Å². The number of anilines is 1. The van der Waals surface area contributed by atoms with Gasteiger partial charge in [-0.3, -0.25) is 9.69 Å². The molecule has 1 aliphatic heterocycles. The molecule has 0 fully saturated rings. The Morgan fingerprint density at radius 1 is 1.18 bits per heavy atom. The van der Waals surface area contributed by atoms with E-state index in [0.29, 0.717) is 12.5 Å². The maximum absolute atomic E-state index is 13.8. The average Bonchev–Trinajstić information content (AvgIpc) is 2.86. The zero-order valence-corrected chi connectivity index (χ0v) is 13.0. The van der Waals surface area contributed by atoms with Gasteiger partial charge in [-0.2, -0.15) is 0 Å². The molecule has 4 N–H and O–H groups in total. The molecule has 0 atom stereocenters. The third-order valence-corrected chi connectivity index (χ3v) is 3.83. The minimum absolute atomic E-state index is 0.110. The van der Waals surface area contributed by atoms with Crippen LogP contribution in [0.25, 0.3) is 11.1 Å². The number of rotatable bonds is 1. The smallest absolute Gasteiger partial charge is 0.147 e. The number of benzene rings is 1. The summed E-state index contributed by atoms with van der Waals surface area (Å²) in [6.45, 7) is 6.82. The molecule has 0 saturated heterocycles. The summed E-state index contributed by atoms with van der Waals surface area (Å²) < 4.78 is 15.8. The highest BCUT2D eigenvalue weighted by molar-refractivity contribution is 6.03. The number of aromatic nitrogens is 1. The van der Waals surface area contributed by atoms with E-state index in [1.54, 1.807) is 12.1 Å². The first kappa shape index (κ1) is 14.4. The summed E-state index contributed by atoms with van der Waals surface area (Å²) in [5.74, 6) is 0.0224. The topological polar surface area (TPSA) is 72.6 Å². The zero-order chi connectivity index (χ0) is 16.1. The molecule has 1 aliphatic rings. The fourth-order valence-electron chi connectivity index (χ4n) is 2.63. The van der Waals surface area contributed by atoms with Crippen molar-refractivity contribution in [2.24, 2.45) is 10.7 Å². The van der Waals surface area contributed by atoms with E-state index in [-0.39, 0.29) is 11.2 Å². The average molecular weight is 301 g/mol. The van der Waals surface area contributed by atoms with Crippen LogP contribution in [0, 0.1) is 5.82 Å². The van der Waals surface area contributed by atoms with Gasteiger partial charge in [0.05, 0.1) is 11.2 Å². The first-order valence-corrected chi connectivity index (χ1v) is 7.14. The van der Waals surface area contributed by atoms with E-state index in [0.717, 1.165) is 16.8 Å². The van der Waals surface area contributed by atoms with Crippen LogP contribution >= 0.6 is 0 Å². The Labute approximate surface area is 129 Å². The van der Waals surface area contributed by atoms with Gasteiger partial charge in [-0.15, -0.1) is 0 Å². The van der Waals surface area contributed by atoms with Crippen molar-refractivity contribution in [3.05, 3.63) is 42.0 Å². The van der Waals surface area contributed by atoms with Gasteiger partial charge in [0.1, 0.15) is 24.0 Å². The summed E-state index contributed by atoms with van der Waals surface area (Å²) in [5, 5.41) is 2.11. The lowest BCUT2D eigenvalue weighted by Gasteiger charge is -2.40. The number of nitrogens with two attached hydrogens (primary N) is 2. The van der Waals surface area contributed by atoms with E-state index in [9.17, 15) is 4.39 Å². The first-order chi connectivity index (χ1) is 10.3. The van der Waals surface area contributed by atoms with Crippen LogP contribution in [0.1, 0.15) is 26.5 Å². The van der Waals surface area contributed by atoms with Crippen LogP contribution in [0.3, 0.4) is 0 Å². The van der Waals surface area contributed by atoms with Gasteiger partial charge in [0.25, 0.3) is 0 Å². The molecule has 5 nitrogen and oxygen atoms in total. The summed E-state index contributed by atoms with van der Waals surface area (Å²) in [4.78, 5) is 4.40. The predicted molar refractivity (Wildman–Crippen MR) is 87.8 cm³/mol. The first-order valence-electron chi connectivity index (χ1n) is 7.14. The van der Waals surface area contributed by atoms with E-state index in [2.05, 4.69) is 30.8 Å². The van der Waals surface area contributed by atoms with Crippen molar-refractivity contribution in [1.29, 1.82) is 0 Å². The summed E-state index contributed by atoms with van der Waals surface area (Å²) in [5.41, 5.74) is 14.0. The second-order valence-electron chi connectivity index (χ2n) is 6.41. The molecule has 0 spiro atoms. The minimum atomic E-state index is -0.434. The lowest BCUT2D eigenvalue weighted by atomic mass is 10.0. The standard InChI is InChI=1S/C16H20FN5/c1-16(2,3)22-9-20-15(19)14-11(6-7-21(14)22)10-4-5-13(18)12(17)8-10/h4-8H,9,18H2,1-3H3,(H2,19,20). The Balaban J connectivity index is 2.15. The van der Waals surface area contributed by atoms with Crippen LogP contribution in [0.2, 0.25) is 0 Å². The molecule has 0 radical (unpaired) electrons. The van der Waals surface area contributed by atoms with Crippen LogP contribution in [0.15, 0.2) is 35.5 Å². The molecule has 2 heterocycles. The maximum atomic E-state index is 13.8. The van der Waals surface area contributed by atoms with Gasteiger partial charge in [-0.05, 0) is 44.5 Å². The van der Waals surface area contributed by atoms with Crippen LogP contribution in [0.5, 0.6) is 0 Å². The molecule has 0 bridgehead atoms. The van der Waals surface area contributed by atoms with Gasteiger partial charge < -0.3 is 11.5 Å². The fourth-order valence-corrected chi connectivity index (χ4v) is 2.63. The second-order valence-corrected chi connectivity index (χ2v) is 6.41. The van der Waals surface area contributed by atoms with Crippen LogP contribution in [-0.4, -0.2) is 22.7 Å². The fraction of sp³-hybridized carbons (Fsp3) is 0.312. The molecule has 2 aromatic rings. The van der Waals surface area contributed by atoms with Crippen molar-refractivity contribution in [3.8, 4) is 11.1 Å². The summed E-state index contributed by atoms with van der Waals surface area (Å²) >= 11 is 0. The largest absolute Gasteiger partial charge is 0.396 e. The Bertz CT molecular complexity index is 754. The van der Waals surface area contributed by atoms with Gasteiger partial charge in [0.15, 0.2) is 0 Å². The normalized spacial score (nSPS) is 14.7. The number of nitrogens with zero attached hydrogens (tertiary/aromatic N) is 3. The number of halogens is 1. The van der Waals surface area contributed by atoms with Crippen molar-refractivity contribution in [2.45, 2.75) is 26.3 Å². The van der Waals surface area contributed by atoms with Crippen molar-refractivity contribution in [2.75, 3.05) is 17.4 Å². The van der Waals surface area contributed by atoms with Crippen LogP contribution in [0.4, 0.5) is 10.1 Å². The molecular formula is C16H20FN5. The summed E-state index contributed by atoms with van der Waals surface area (Å²) in [7, 11) is 0. The molecule has 1 aromatic carbocycles. The molecule has 0 unspecified atom stereocenters. The third-order valence-electron chi connectivity index (χ3n) is 3.83. The van der Waals surface area contributed by atoms with Crippen molar-refractivity contribution in [3.63, 3.8) is 0 Å². The van der Waals surface area contributed by atoms with E-state index in [1.165, 1.54) is 6.07 Å². The minimum Gasteiger partial charge on any atom is -0.396 e. The highest BCUT2D eigenvalue weighted by Gasteiger charge is 2.29. The molecule has 6 heteroatoms. The van der Waals surface area contributed by atoms with E-state index >= 15 is 0 Å². The number of nitrogen functional groups attached to an aromatic ring is 1. The lowest BCUT2D eigenvalue weighted by molar-refractivity contribution is 0.397. The quantitative estimate of drug-likeness (QED) is 0.794. The number of amidine groups is 1. The third kappa shape index (κ3) is 2.20. The van der Waals surface area contributed by atoms with Crippen molar-refractivity contribution >= 4 is 11.5 Å². The maximum Gasteiger partial charge on any atom is 0.147 e. The monoisotopic (exact) mass is 301 g/mol. The van der Waals surface area contributed by atoms with Crippen LogP contribution < -0.4 is 16.5 Å². The Morgan fingerprint density at radius 3 is 2.55 bits per heavy atom. The predicted octanol–water partition coefficient (Wildman–Crippen LogP) is 2.29. The molecule has 3 rings (SSSR count). The second kappa shape index (κ2) is 4.76. The number of fused-ring (bicyclic) bond motifs is 1. The highest BCUT2D eigenvalue weighted by atomic mass is 19.1. The van der Waals surface area contributed by atoms with Gasteiger partial charge in [0, 0.05) is 11.8 Å². The molecule has 0 saturated carbocycles. The van der Waals surface area contributed by atoms with E-state index in [4.69, 9.17) is 11.5 Å². The highest BCUT2D eigenvalue weighted by Crippen LogP contribution is 2.30. The van der Waals surface area contributed by atoms with E-state index < -0.39 is 5.82 Å². The Kier molecular flexibility index (Phi) is 3.12. The molecule has 22 heavy (non-hydrogen) atoms. The molecular weight excluding hydrogens is 281 g/mol. The zero-order valence-electron chi connectivity index (χ0n) is 13.0. The Morgan fingerprint density at radius 2 is 1.91 bits per heavy atom. The van der Waals surface area contributed by atoms with Crippen molar-refractivity contribution < 1.29 is 4.39 Å². The number of aliphatic imine (C=N–C) groups is 1. The molecule has 0 aliphatic carbocycles. The molecule has 1 aromatic heterocycles. The molecule has 116 valence electrons. The van der Waals surface area contributed by atoms with Gasteiger partial charge in [-0.1, -0.05) is 6.07 Å². The summed E-state index contributed by atoms with van der Waals surface area (Å²) in [6, 6.07) is 6.70. The lowest BCUT2D eigenvalue weighted by Crippen LogP contribution is -2.52. The number of hydrogen-bond donors (Lipinski definition) is 2. The number of hydrogen-bond acceptors (Lipinski definition) is 4.